The molecule has 0 atom stereocenters. The lowest BCUT2D eigenvalue weighted by molar-refractivity contribution is 0.608. The lowest BCUT2D eigenvalue weighted by Crippen LogP contribution is -1.96. The average Bonchev–Trinajstić information content (AvgIpc) is 2.69. The maximum atomic E-state index is 13.4. The van der Waals surface area contributed by atoms with Crippen molar-refractivity contribution >= 4 is 5.95 Å². The summed E-state index contributed by atoms with van der Waals surface area (Å²) in [6.45, 7) is 1.98. The molecule has 0 unspecified atom stereocenters. The number of benzene rings is 1. The molecule has 0 spiro atoms. The molecule has 2 N–H and O–H groups in total. The fourth-order valence-corrected chi connectivity index (χ4v) is 1.81. The number of aromatic nitrogens is 2. The molecule has 4 heteroatoms. The minimum absolute atomic E-state index is 0.144. The van der Waals surface area contributed by atoms with Crippen LogP contribution in [0.5, 0.6) is 0 Å². The van der Waals surface area contributed by atoms with Gasteiger partial charge in [-0.1, -0.05) is 18.2 Å². The first-order valence-electron chi connectivity index (χ1n) is 5.67. The van der Waals surface area contributed by atoms with E-state index in [0.29, 0.717) is 6.42 Å². The van der Waals surface area contributed by atoms with E-state index in [1.54, 1.807) is 6.07 Å². The number of hydrogen-bond acceptors (Lipinski definition) is 2. The van der Waals surface area contributed by atoms with Crippen LogP contribution in [0.1, 0.15) is 17.0 Å². The quantitative estimate of drug-likeness (QED) is 0.852. The highest BCUT2D eigenvalue weighted by Crippen LogP contribution is 2.13. The smallest absolute Gasteiger partial charge is 0.200 e. The summed E-state index contributed by atoms with van der Waals surface area (Å²) < 4.78 is 13.4. The molecule has 3 nitrogen and oxygen atoms in total. The van der Waals surface area contributed by atoms with Gasteiger partial charge in [-0.05, 0) is 31.4 Å². The largest absolute Gasteiger partial charge is 0.359 e. The van der Waals surface area contributed by atoms with Gasteiger partial charge < -0.3 is 10.3 Å². The van der Waals surface area contributed by atoms with E-state index >= 15 is 0 Å². The van der Waals surface area contributed by atoms with Gasteiger partial charge >= 0.3 is 0 Å². The summed E-state index contributed by atoms with van der Waals surface area (Å²) in [6.07, 6.45) is 1.41. The fraction of sp³-hybridized carbons (Fsp3) is 0.308. The highest BCUT2D eigenvalue weighted by molar-refractivity contribution is 5.30. The summed E-state index contributed by atoms with van der Waals surface area (Å²) in [7, 11) is 1.82. The van der Waals surface area contributed by atoms with Gasteiger partial charge in [0.05, 0.1) is 5.69 Å². The van der Waals surface area contributed by atoms with Crippen LogP contribution < -0.4 is 5.32 Å². The zero-order valence-electron chi connectivity index (χ0n) is 10.0. The Morgan fingerprint density at radius 3 is 2.71 bits per heavy atom. The second kappa shape index (κ2) is 4.99. The predicted molar refractivity (Wildman–Crippen MR) is 66.7 cm³/mol. The Morgan fingerprint density at radius 2 is 2.06 bits per heavy atom. The fourth-order valence-electron chi connectivity index (χ4n) is 1.81. The number of aryl methyl sites for hydroxylation is 3. The standard InChI is InChI=1S/C13H16FN3/c1-9-12(17-13(15-2)16-9)8-7-10-5-3-4-6-11(10)14/h3-6H,7-8H2,1-2H3,(H2,15,16,17). The Kier molecular flexibility index (Phi) is 3.42. The van der Waals surface area contributed by atoms with Gasteiger partial charge in [-0.3, -0.25) is 0 Å². The molecule has 0 radical (unpaired) electrons. The lowest BCUT2D eigenvalue weighted by Gasteiger charge is -2.01. The van der Waals surface area contributed by atoms with Crippen LogP contribution in [-0.4, -0.2) is 17.0 Å². The van der Waals surface area contributed by atoms with Crippen molar-refractivity contribution in [1.29, 1.82) is 0 Å². The molecule has 1 aromatic carbocycles. The van der Waals surface area contributed by atoms with Crippen molar-refractivity contribution in [1.82, 2.24) is 9.97 Å². The molecular formula is C13H16FN3. The summed E-state index contributed by atoms with van der Waals surface area (Å²) in [4.78, 5) is 7.51. The molecule has 1 heterocycles. The molecule has 17 heavy (non-hydrogen) atoms. The molecule has 0 bridgehead atoms. The van der Waals surface area contributed by atoms with Crippen molar-refractivity contribution in [3.8, 4) is 0 Å². The summed E-state index contributed by atoms with van der Waals surface area (Å²) in [5.41, 5.74) is 2.75. The van der Waals surface area contributed by atoms with Gasteiger partial charge in [-0.2, -0.15) is 0 Å². The molecule has 0 aliphatic heterocycles. The van der Waals surface area contributed by atoms with E-state index in [9.17, 15) is 4.39 Å². The molecule has 0 aliphatic carbocycles. The highest BCUT2D eigenvalue weighted by atomic mass is 19.1. The van der Waals surface area contributed by atoms with Crippen LogP contribution in [0, 0.1) is 12.7 Å². The van der Waals surface area contributed by atoms with Crippen LogP contribution in [0.2, 0.25) is 0 Å². The van der Waals surface area contributed by atoms with E-state index in [1.165, 1.54) is 6.07 Å². The molecule has 1 aromatic heterocycles. The minimum Gasteiger partial charge on any atom is -0.359 e. The third kappa shape index (κ3) is 2.64. The Labute approximate surface area is 100 Å². The van der Waals surface area contributed by atoms with E-state index in [-0.39, 0.29) is 5.82 Å². The van der Waals surface area contributed by atoms with Crippen molar-refractivity contribution in [3.63, 3.8) is 0 Å². The summed E-state index contributed by atoms with van der Waals surface area (Å²) in [5, 5.41) is 2.96. The zero-order chi connectivity index (χ0) is 12.3. The predicted octanol–water partition coefficient (Wildman–Crippen LogP) is 2.68. The number of hydrogen-bond donors (Lipinski definition) is 2. The van der Waals surface area contributed by atoms with E-state index < -0.39 is 0 Å². The molecule has 0 saturated carbocycles. The van der Waals surface area contributed by atoms with E-state index in [2.05, 4.69) is 15.3 Å². The van der Waals surface area contributed by atoms with E-state index in [1.807, 2.05) is 26.1 Å². The minimum atomic E-state index is -0.144. The third-order valence-corrected chi connectivity index (χ3v) is 2.81. The number of halogens is 1. The lowest BCUT2D eigenvalue weighted by atomic mass is 10.1. The topological polar surface area (TPSA) is 40.7 Å². The average molecular weight is 233 g/mol. The van der Waals surface area contributed by atoms with Crippen molar-refractivity contribution < 1.29 is 4.39 Å². The number of nitrogens with zero attached hydrogens (tertiary/aromatic N) is 1. The van der Waals surface area contributed by atoms with Crippen LogP contribution >= 0.6 is 0 Å². The molecule has 0 amide bonds. The van der Waals surface area contributed by atoms with Crippen LogP contribution in [0.4, 0.5) is 10.3 Å². The number of aromatic amines is 1. The van der Waals surface area contributed by atoms with Crippen molar-refractivity contribution in [2.45, 2.75) is 19.8 Å². The number of H-pyrrole nitrogens is 1. The van der Waals surface area contributed by atoms with Crippen LogP contribution in [-0.2, 0) is 12.8 Å². The van der Waals surface area contributed by atoms with Gasteiger partial charge in [0.2, 0.25) is 0 Å². The monoisotopic (exact) mass is 233 g/mol. The maximum Gasteiger partial charge on any atom is 0.200 e. The SMILES string of the molecule is CNc1nc(CCc2ccccc2F)c(C)[nH]1. The van der Waals surface area contributed by atoms with Gasteiger partial charge in [0.15, 0.2) is 5.95 Å². The summed E-state index contributed by atoms with van der Waals surface area (Å²) in [5.74, 6) is 0.612. The number of anilines is 1. The van der Waals surface area contributed by atoms with Gasteiger partial charge in [0.1, 0.15) is 5.82 Å². The highest BCUT2D eigenvalue weighted by Gasteiger charge is 2.07. The van der Waals surface area contributed by atoms with Gasteiger partial charge in [0.25, 0.3) is 0 Å². The third-order valence-electron chi connectivity index (χ3n) is 2.81. The zero-order valence-corrected chi connectivity index (χ0v) is 10.0. The van der Waals surface area contributed by atoms with Crippen molar-refractivity contribution in [2.75, 3.05) is 12.4 Å². The van der Waals surface area contributed by atoms with Crippen LogP contribution in [0.25, 0.3) is 0 Å². The van der Waals surface area contributed by atoms with Gasteiger partial charge in [0, 0.05) is 12.7 Å². The Hall–Kier alpha value is -1.84. The first kappa shape index (κ1) is 11.6. The van der Waals surface area contributed by atoms with Crippen LogP contribution in [0.3, 0.4) is 0 Å². The Morgan fingerprint density at radius 1 is 1.29 bits per heavy atom. The van der Waals surface area contributed by atoms with Crippen molar-refractivity contribution in [3.05, 3.63) is 47.0 Å². The second-order valence-electron chi connectivity index (χ2n) is 4.00. The molecule has 90 valence electrons. The summed E-state index contributed by atoms with van der Waals surface area (Å²) >= 11 is 0. The molecule has 2 aromatic rings. The number of nitrogens with one attached hydrogen (secondary N) is 2. The molecule has 0 saturated heterocycles. The Balaban J connectivity index is 2.07. The van der Waals surface area contributed by atoms with E-state index in [0.717, 1.165) is 29.3 Å². The summed E-state index contributed by atoms with van der Waals surface area (Å²) in [6, 6.07) is 6.87. The van der Waals surface area contributed by atoms with Crippen molar-refractivity contribution in [2.24, 2.45) is 0 Å². The van der Waals surface area contributed by atoms with Crippen LogP contribution in [0.15, 0.2) is 24.3 Å². The first-order valence-corrected chi connectivity index (χ1v) is 5.67. The second-order valence-corrected chi connectivity index (χ2v) is 4.00. The maximum absolute atomic E-state index is 13.4. The Bertz CT molecular complexity index is 505. The van der Waals surface area contributed by atoms with E-state index in [4.69, 9.17) is 0 Å². The molecule has 0 fully saturated rings. The number of rotatable bonds is 4. The molecule has 2 rings (SSSR count). The normalized spacial score (nSPS) is 10.5. The van der Waals surface area contributed by atoms with Gasteiger partial charge in [-0.25, -0.2) is 9.37 Å². The van der Waals surface area contributed by atoms with Gasteiger partial charge in [-0.15, -0.1) is 0 Å². The molecular weight excluding hydrogens is 217 g/mol. The number of imidazole rings is 1. The first-order chi connectivity index (χ1) is 8.20. The molecule has 0 aliphatic rings.